The van der Waals surface area contributed by atoms with Gasteiger partial charge in [-0.3, -0.25) is 18.5 Å². The van der Waals surface area contributed by atoms with Gasteiger partial charge in [0, 0.05) is 18.7 Å². The molecule has 0 bridgehead atoms. The fourth-order valence-corrected chi connectivity index (χ4v) is 5.84. The molecule has 3 aromatic carbocycles. The molecule has 1 aromatic heterocycles. The van der Waals surface area contributed by atoms with Gasteiger partial charge in [-0.15, -0.1) is 0 Å². The first-order valence-corrected chi connectivity index (χ1v) is 12.9. The van der Waals surface area contributed by atoms with Crippen molar-refractivity contribution in [3.63, 3.8) is 0 Å². The summed E-state index contributed by atoms with van der Waals surface area (Å²) in [6.07, 6.45) is 0.684. The summed E-state index contributed by atoms with van der Waals surface area (Å²) >= 11 is 0. The maximum absolute atomic E-state index is 13.0. The number of aromatic nitrogens is 2. The minimum atomic E-state index is -3.55. The van der Waals surface area contributed by atoms with E-state index >= 15 is 0 Å². The highest BCUT2D eigenvalue weighted by Crippen LogP contribution is 2.29. The van der Waals surface area contributed by atoms with E-state index in [1.165, 1.54) is 8.87 Å². The van der Waals surface area contributed by atoms with Crippen molar-refractivity contribution in [2.75, 3.05) is 23.1 Å². The van der Waals surface area contributed by atoms with E-state index in [-0.39, 0.29) is 23.8 Å². The predicted molar refractivity (Wildman–Crippen MR) is 136 cm³/mol. The average Bonchev–Trinajstić information content (AvgIpc) is 3.30. The third-order valence-electron chi connectivity index (χ3n) is 6.16. The first-order valence-electron chi connectivity index (χ1n) is 11.3. The van der Waals surface area contributed by atoms with Crippen molar-refractivity contribution in [3.8, 4) is 5.69 Å². The molecular formula is C26H24N4O4S. The minimum absolute atomic E-state index is 0.00521. The molecule has 9 heteroatoms. The van der Waals surface area contributed by atoms with Gasteiger partial charge in [-0.25, -0.2) is 13.4 Å². The number of nitrogens with one attached hydrogen (secondary N) is 1. The van der Waals surface area contributed by atoms with E-state index in [9.17, 15) is 18.0 Å². The Morgan fingerprint density at radius 1 is 1.00 bits per heavy atom. The SMILES string of the molecule is Cc1nc2ccccc2c(=O)n1-c1ccc(C(=O)NCCS(=O)(=O)N2CCc3ccccc32)cc1. The Morgan fingerprint density at radius 3 is 2.51 bits per heavy atom. The van der Waals surface area contributed by atoms with Crippen molar-refractivity contribution in [1.82, 2.24) is 14.9 Å². The van der Waals surface area contributed by atoms with Crippen LogP contribution in [0.2, 0.25) is 0 Å². The Balaban J connectivity index is 1.27. The number of benzene rings is 3. The third-order valence-corrected chi connectivity index (χ3v) is 7.93. The number of fused-ring (bicyclic) bond motifs is 2. The lowest BCUT2D eigenvalue weighted by Gasteiger charge is -2.19. The molecule has 8 nitrogen and oxygen atoms in total. The van der Waals surface area contributed by atoms with Gasteiger partial charge in [0.25, 0.3) is 11.5 Å². The van der Waals surface area contributed by atoms with Crippen LogP contribution in [0.1, 0.15) is 21.7 Å². The van der Waals surface area contributed by atoms with Crippen LogP contribution in [0.4, 0.5) is 5.69 Å². The van der Waals surface area contributed by atoms with Crippen LogP contribution in [0, 0.1) is 6.92 Å². The smallest absolute Gasteiger partial charge is 0.265 e. The van der Waals surface area contributed by atoms with E-state index in [4.69, 9.17) is 0 Å². The quantitative estimate of drug-likeness (QED) is 0.450. The Hall–Kier alpha value is -3.98. The molecule has 0 unspecified atom stereocenters. The van der Waals surface area contributed by atoms with E-state index in [1.807, 2.05) is 24.3 Å². The van der Waals surface area contributed by atoms with Crippen LogP contribution < -0.4 is 15.2 Å². The molecule has 0 radical (unpaired) electrons. The fraction of sp³-hybridized carbons (Fsp3) is 0.192. The maximum atomic E-state index is 13.0. The minimum Gasteiger partial charge on any atom is -0.351 e. The monoisotopic (exact) mass is 488 g/mol. The van der Waals surface area contributed by atoms with Crippen LogP contribution in [0.15, 0.2) is 77.6 Å². The maximum Gasteiger partial charge on any atom is 0.265 e. The molecule has 0 saturated heterocycles. The number of amides is 1. The Kier molecular flexibility index (Phi) is 5.86. The van der Waals surface area contributed by atoms with Crippen molar-refractivity contribution in [3.05, 3.63) is 100 Å². The molecule has 0 fully saturated rings. The first kappa shape index (κ1) is 22.8. The van der Waals surface area contributed by atoms with Crippen LogP contribution in [0.25, 0.3) is 16.6 Å². The van der Waals surface area contributed by atoms with Crippen molar-refractivity contribution < 1.29 is 13.2 Å². The molecule has 1 amide bonds. The van der Waals surface area contributed by atoms with Crippen molar-refractivity contribution in [2.45, 2.75) is 13.3 Å². The average molecular weight is 489 g/mol. The topological polar surface area (TPSA) is 101 Å². The predicted octanol–water partition coefficient (Wildman–Crippen LogP) is 2.82. The van der Waals surface area contributed by atoms with E-state index in [2.05, 4.69) is 10.3 Å². The normalized spacial score (nSPS) is 13.1. The molecule has 1 aliphatic heterocycles. The van der Waals surface area contributed by atoms with Gasteiger partial charge >= 0.3 is 0 Å². The summed E-state index contributed by atoms with van der Waals surface area (Å²) in [4.78, 5) is 30.1. The molecular weight excluding hydrogens is 464 g/mol. The number of hydrogen-bond donors (Lipinski definition) is 1. The Labute approximate surface area is 202 Å². The van der Waals surface area contributed by atoms with Gasteiger partial charge in [-0.05, 0) is 61.4 Å². The van der Waals surface area contributed by atoms with E-state index < -0.39 is 10.0 Å². The second-order valence-corrected chi connectivity index (χ2v) is 10.4. The zero-order valence-electron chi connectivity index (χ0n) is 19.1. The summed E-state index contributed by atoms with van der Waals surface area (Å²) in [6, 6.07) is 21.2. The molecule has 178 valence electrons. The highest BCUT2D eigenvalue weighted by Gasteiger charge is 2.28. The summed E-state index contributed by atoms with van der Waals surface area (Å²) in [5, 5.41) is 3.20. The molecule has 1 aliphatic rings. The highest BCUT2D eigenvalue weighted by atomic mass is 32.2. The van der Waals surface area contributed by atoms with Crippen molar-refractivity contribution >= 4 is 32.5 Å². The zero-order chi connectivity index (χ0) is 24.6. The number of sulfonamides is 1. The molecule has 0 spiro atoms. The second kappa shape index (κ2) is 8.99. The number of para-hydroxylation sites is 2. The number of rotatable bonds is 6. The van der Waals surface area contributed by atoms with Crippen molar-refractivity contribution in [1.29, 1.82) is 0 Å². The van der Waals surface area contributed by atoms with Gasteiger partial charge < -0.3 is 5.32 Å². The second-order valence-electron chi connectivity index (χ2n) is 8.39. The Morgan fingerprint density at radius 2 is 1.71 bits per heavy atom. The van der Waals surface area contributed by atoms with Crippen molar-refractivity contribution in [2.24, 2.45) is 0 Å². The van der Waals surface area contributed by atoms with E-state index in [0.29, 0.717) is 46.6 Å². The summed E-state index contributed by atoms with van der Waals surface area (Å²) in [5.41, 5.74) is 3.14. The fourth-order valence-electron chi connectivity index (χ4n) is 4.41. The summed E-state index contributed by atoms with van der Waals surface area (Å²) in [7, 11) is -3.55. The number of nitrogens with zero attached hydrogens (tertiary/aromatic N) is 3. The molecule has 35 heavy (non-hydrogen) atoms. The van der Waals surface area contributed by atoms with Gasteiger partial charge in [0.05, 0.1) is 28.0 Å². The molecule has 0 atom stereocenters. The van der Waals surface area contributed by atoms with Crippen LogP contribution in [0.3, 0.4) is 0 Å². The van der Waals surface area contributed by atoms with Crippen LogP contribution in [0.5, 0.6) is 0 Å². The van der Waals surface area contributed by atoms with E-state index in [0.717, 1.165) is 5.56 Å². The zero-order valence-corrected chi connectivity index (χ0v) is 20.0. The molecule has 4 aromatic rings. The van der Waals surface area contributed by atoms with Gasteiger partial charge in [-0.2, -0.15) is 0 Å². The van der Waals surface area contributed by atoms with Gasteiger partial charge in [0.15, 0.2) is 0 Å². The van der Waals surface area contributed by atoms with Crippen LogP contribution in [-0.4, -0.2) is 42.7 Å². The highest BCUT2D eigenvalue weighted by molar-refractivity contribution is 7.92. The number of hydrogen-bond acceptors (Lipinski definition) is 5. The molecule has 0 saturated carbocycles. The lowest BCUT2D eigenvalue weighted by molar-refractivity contribution is 0.0956. The summed E-state index contributed by atoms with van der Waals surface area (Å²) in [5.74, 6) is -0.0310. The summed E-state index contributed by atoms with van der Waals surface area (Å²) < 4.78 is 28.5. The lowest BCUT2D eigenvalue weighted by atomic mass is 10.2. The van der Waals surface area contributed by atoms with E-state index in [1.54, 1.807) is 55.5 Å². The number of aryl methyl sites for hydroxylation is 1. The lowest BCUT2D eigenvalue weighted by Crippen LogP contribution is -2.37. The molecule has 0 aliphatic carbocycles. The van der Waals surface area contributed by atoms with Crippen LogP contribution in [-0.2, 0) is 16.4 Å². The number of carbonyl (C=O) groups excluding carboxylic acids is 1. The number of anilines is 1. The third kappa shape index (κ3) is 4.30. The van der Waals surface area contributed by atoms with Gasteiger partial charge in [0.2, 0.25) is 10.0 Å². The summed E-state index contributed by atoms with van der Waals surface area (Å²) in [6.45, 7) is 2.17. The standard InChI is InChI=1S/C26H24N4O4S/c1-18-28-23-8-4-3-7-22(23)26(32)30(18)21-12-10-20(11-13-21)25(31)27-15-17-35(33,34)29-16-14-19-6-2-5-9-24(19)29/h2-13H,14-17H2,1H3,(H,27,31). The van der Waals surface area contributed by atoms with Crippen LogP contribution >= 0.6 is 0 Å². The molecule has 1 N–H and O–H groups in total. The molecule has 5 rings (SSSR count). The Bertz CT molecular complexity index is 1590. The first-order chi connectivity index (χ1) is 16.8. The number of carbonyl (C=O) groups is 1. The van der Waals surface area contributed by atoms with Gasteiger partial charge in [-0.1, -0.05) is 30.3 Å². The van der Waals surface area contributed by atoms with Gasteiger partial charge in [0.1, 0.15) is 5.82 Å². The largest absolute Gasteiger partial charge is 0.351 e. The molecule has 2 heterocycles.